The number of halogens is 3. The molecule has 2 aliphatic heterocycles. The van der Waals surface area contributed by atoms with Crippen molar-refractivity contribution in [3.63, 3.8) is 0 Å². The molecule has 2 unspecified atom stereocenters. The van der Waals surface area contributed by atoms with E-state index in [1.54, 1.807) is 23.6 Å². The molecule has 3 atom stereocenters. The number of nitrogens with one attached hydrogen (secondary N) is 2. The minimum absolute atomic E-state index is 0.0545. The number of aliphatic hydroxyl groups excluding tert-OH is 1. The van der Waals surface area contributed by atoms with Gasteiger partial charge < -0.3 is 25.4 Å². The fourth-order valence-electron chi connectivity index (χ4n) is 4.31. The Kier molecular flexibility index (Phi) is 7.00. The fraction of sp³-hybridized carbons (Fsp3) is 0.545. The van der Waals surface area contributed by atoms with Gasteiger partial charge in [0.15, 0.2) is 0 Å². The second kappa shape index (κ2) is 9.69. The Bertz CT molecular complexity index is 1200. The van der Waals surface area contributed by atoms with Crippen molar-refractivity contribution in [2.75, 3.05) is 23.4 Å². The molecule has 0 fully saturated rings. The van der Waals surface area contributed by atoms with Gasteiger partial charge in [0.1, 0.15) is 17.3 Å². The van der Waals surface area contributed by atoms with Gasteiger partial charge in [0.2, 0.25) is 0 Å². The van der Waals surface area contributed by atoms with Gasteiger partial charge in [0, 0.05) is 37.9 Å². The highest BCUT2D eigenvalue weighted by Gasteiger charge is 2.40. The van der Waals surface area contributed by atoms with Gasteiger partial charge in [-0.05, 0) is 30.7 Å². The SMILES string of the molecule is CC1=CNC(CN2c3c(n(C)c(=O)n(CCCO)c3=O)NC2OC2=CC=C(C(F)(F)F)C[C@H]2C)S1. The van der Waals surface area contributed by atoms with Gasteiger partial charge >= 0.3 is 11.9 Å². The van der Waals surface area contributed by atoms with E-state index in [1.807, 2.05) is 13.1 Å². The predicted octanol–water partition coefficient (Wildman–Crippen LogP) is 2.40. The van der Waals surface area contributed by atoms with Gasteiger partial charge in [-0.15, -0.1) is 11.8 Å². The third-order valence-corrected chi connectivity index (χ3v) is 7.19. The summed E-state index contributed by atoms with van der Waals surface area (Å²) in [6, 6.07) is 0. The quantitative estimate of drug-likeness (QED) is 0.509. The van der Waals surface area contributed by atoms with E-state index in [0.717, 1.165) is 15.5 Å². The maximum absolute atomic E-state index is 13.4. The maximum atomic E-state index is 13.4. The van der Waals surface area contributed by atoms with E-state index in [-0.39, 0.29) is 42.9 Å². The van der Waals surface area contributed by atoms with Crippen molar-refractivity contribution in [3.8, 4) is 0 Å². The topological polar surface area (TPSA) is 101 Å². The number of thioether (sulfide) groups is 1. The number of allylic oxidation sites excluding steroid dienone is 5. The first-order chi connectivity index (χ1) is 16.5. The van der Waals surface area contributed by atoms with Crippen LogP contribution in [0.1, 0.15) is 26.7 Å². The standard InChI is InChI=1S/C22H28F3N5O4S/c1-12-9-14(22(23,24)25)5-6-15(12)34-20-27-18-17(30(20)11-16-26-10-13(2)35-16)19(32)29(7-4-8-31)21(33)28(18)3/h5-6,10,12,16,20,26-27,31H,4,7-9,11H2,1-3H3/t12-,16?,20?/m1/s1. The zero-order valence-corrected chi connectivity index (χ0v) is 20.4. The molecule has 0 bridgehead atoms. The van der Waals surface area contributed by atoms with Crippen LogP contribution in [0.5, 0.6) is 0 Å². The van der Waals surface area contributed by atoms with Crippen molar-refractivity contribution in [1.82, 2.24) is 14.5 Å². The molecule has 3 heterocycles. The molecule has 0 amide bonds. The van der Waals surface area contributed by atoms with Crippen molar-refractivity contribution in [1.29, 1.82) is 0 Å². The molecular formula is C22H28F3N5O4S. The first-order valence-corrected chi connectivity index (χ1v) is 12.1. The summed E-state index contributed by atoms with van der Waals surface area (Å²) in [5.41, 5.74) is -1.45. The van der Waals surface area contributed by atoms with Crippen molar-refractivity contribution < 1.29 is 23.0 Å². The Labute approximate surface area is 203 Å². The minimum Gasteiger partial charge on any atom is -0.456 e. The van der Waals surface area contributed by atoms with E-state index in [2.05, 4.69) is 10.6 Å². The van der Waals surface area contributed by atoms with Gasteiger partial charge in [-0.2, -0.15) is 13.2 Å². The number of hydrogen-bond donors (Lipinski definition) is 3. The number of aromatic nitrogens is 2. The van der Waals surface area contributed by atoms with Crippen LogP contribution in [0.2, 0.25) is 0 Å². The van der Waals surface area contributed by atoms with Gasteiger partial charge in [-0.25, -0.2) is 4.79 Å². The molecular weight excluding hydrogens is 487 g/mol. The molecule has 9 nitrogen and oxygen atoms in total. The normalized spacial score (nSPS) is 23.8. The number of fused-ring (bicyclic) bond motifs is 1. The average molecular weight is 516 g/mol. The molecule has 3 N–H and O–H groups in total. The van der Waals surface area contributed by atoms with Crippen LogP contribution in [0.15, 0.2) is 44.2 Å². The number of nitrogens with zero attached hydrogens (tertiary/aromatic N) is 3. The van der Waals surface area contributed by atoms with Crippen LogP contribution in [0.25, 0.3) is 0 Å². The Hall–Kier alpha value is -2.80. The van der Waals surface area contributed by atoms with Gasteiger partial charge in [-0.3, -0.25) is 13.9 Å². The van der Waals surface area contributed by atoms with Crippen LogP contribution in [0.4, 0.5) is 24.7 Å². The summed E-state index contributed by atoms with van der Waals surface area (Å²) in [7, 11) is 1.53. The average Bonchev–Trinajstić information content (AvgIpc) is 3.36. The summed E-state index contributed by atoms with van der Waals surface area (Å²) < 4.78 is 47.9. The smallest absolute Gasteiger partial charge is 0.412 e. The molecule has 3 aliphatic rings. The lowest BCUT2D eigenvalue weighted by Gasteiger charge is -2.32. The summed E-state index contributed by atoms with van der Waals surface area (Å²) >= 11 is 1.58. The van der Waals surface area contributed by atoms with Crippen molar-refractivity contribution in [2.45, 2.75) is 51.1 Å². The van der Waals surface area contributed by atoms with Crippen LogP contribution in [-0.2, 0) is 18.3 Å². The van der Waals surface area contributed by atoms with Gasteiger partial charge in [-0.1, -0.05) is 13.0 Å². The highest BCUT2D eigenvalue weighted by Crippen LogP contribution is 2.39. The number of hydrogen-bond acceptors (Lipinski definition) is 8. The van der Waals surface area contributed by atoms with E-state index in [0.29, 0.717) is 12.3 Å². The van der Waals surface area contributed by atoms with Crippen LogP contribution >= 0.6 is 11.8 Å². The maximum Gasteiger partial charge on any atom is 0.412 e. The van der Waals surface area contributed by atoms with Gasteiger partial charge in [0.25, 0.3) is 11.9 Å². The molecule has 1 aliphatic carbocycles. The summed E-state index contributed by atoms with van der Waals surface area (Å²) in [6.07, 6.45) is -1.10. The molecule has 0 spiro atoms. The van der Waals surface area contributed by atoms with E-state index < -0.39 is 35.3 Å². The highest BCUT2D eigenvalue weighted by molar-refractivity contribution is 8.03. The lowest BCUT2D eigenvalue weighted by atomic mass is 9.94. The Balaban J connectivity index is 1.70. The first kappa shape index (κ1) is 25.3. The fourth-order valence-corrected chi connectivity index (χ4v) is 5.26. The van der Waals surface area contributed by atoms with Crippen molar-refractivity contribution in [2.24, 2.45) is 13.0 Å². The molecule has 1 aromatic heterocycles. The van der Waals surface area contributed by atoms with Crippen LogP contribution in [0, 0.1) is 5.92 Å². The summed E-state index contributed by atoms with van der Waals surface area (Å²) in [4.78, 5) is 29.0. The molecule has 1 aromatic rings. The van der Waals surface area contributed by atoms with Gasteiger partial charge in [0.05, 0.1) is 11.9 Å². The Morgan fingerprint density at radius 2 is 2.03 bits per heavy atom. The number of aliphatic hydroxyl groups is 1. The predicted molar refractivity (Wildman–Crippen MR) is 128 cm³/mol. The van der Waals surface area contributed by atoms with Crippen LogP contribution < -0.4 is 26.8 Å². The van der Waals surface area contributed by atoms with E-state index in [4.69, 9.17) is 4.74 Å². The Morgan fingerprint density at radius 1 is 1.29 bits per heavy atom. The Morgan fingerprint density at radius 3 is 2.63 bits per heavy atom. The molecule has 4 rings (SSSR count). The molecule has 0 aromatic carbocycles. The lowest BCUT2D eigenvalue weighted by molar-refractivity contribution is -0.0957. The number of rotatable bonds is 7. The van der Waals surface area contributed by atoms with Crippen LogP contribution in [0.3, 0.4) is 0 Å². The molecule has 192 valence electrons. The lowest BCUT2D eigenvalue weighted by Crippen LogP contribution is -2.46. The first-order valence-electron chi connectivity index (χ1n) is 11.2. The molecule has 35 heavy (non-hydrogen) atoms. The van der Waals surface area contributed by atoms with E-state index in [9.17, 15) is 27.9 Å². The summed E-state index contributed by atoms with van der Waals surface area (Å²) in [5.74, 6) is 0.0886. The number of ether oxygens (including phenoxy) is 1. The second-order valence-corrected chi connectivity index (χ2v) is 10.2. The monoisotopic (exact) mass is 515 g/mol. The third kappa shape index (κ3) is 4.96. The minimum atomic E-state index is -4.40. The molecule has 0 saturated heterocycles. The zero-order chi connectivity index (χ0) is 25.5. The second-order valence-electron chi connectivity index (χ2n) is 8.73. The molecule has 0 saturated carbocycles. The largest absolute Gasteiger partial charge is 0.456 e. The molecule has 13 heteroatoms. The highest BCUT2D eigenvalue weighted by atomic mass is 32.2. The van der Waals surface area contributed by atoms with E-state index in [1.165, 1.54) is 17.7 Å². The summed E-state index contributed by atoms with van der Waals surface area (Å²) in [5, 5.41) is 15.4. The number of anilines is 2. The summed E-state index contributed by atoms with van der Waals surface area (Å²) in [6.45, 7) is 3.80. The van der Waals surface area contributed by atoms with Crippen molar-refractivity contribution >= 4 is 23.3 Å². The third-order valence-electron chi connectivity index (χ3n) is 6.13. The molecule has 0 radical (unpaired) electrons. The van der Waals surface area contributed by atoms with Crippen LogP contribution in [-0.4, -0.2) is 45.3 Å². The van der Waals surface area contributed by atoms with Crippen molar-refractivity contribution in [3.05, 3.63) is 55.4 Å². The number of alkyl halides is 3. The zero-order valence-electron chi connectivity index (χ0n) is 19.6. The van der Waals surface area contributed by atoms with E-state index >= 15 is 0 Å².